The van der Waals surface area contributed by atoms with Crippen LogP contribution in [0.4, 0.5) is 0 Å². The van der Waals surface area contributed by atoms with Crippen molar-refractivity contribution in [2.24, 2.45) is 7.05 Å². The van der Waals surface area contributed by atoms with E-state index in [2.05, 4.69) is 17.1 Å². The number of ether oxygens (including phenoxy) is 1. The second-order valence-electron chi connectivity index (χ2n) is 6.58. The number of methoxy groups -OCH3 is 1. The molecule has 0 aromatic carbocycles. The van der Waals surface area contributed by atoms with Crippen molar-refractivity contribution in [2.75, 3.05) is 7.11 Å². The van der Waals surface area contributed by atoms with E-state index in [9.17, 15) is 4.79 Å². The Morgan fingerprint density at radius 3 is 2.50 bits per heavy atom. The Labute approximate surface area is 153 Å². The summed E-state index contributed by atoms with van der Waals surface area (Å²) in [6, 6.07) is 1.80. The number of hydrogen-bond donors (Lipinski definition) is 0. The third-order valence-electron chi connectivity index (χ3n) is 4.77. The van der Waals surface area contributed by atoms with Crippen LogP contribution < -0.4 is 0 Å². The summed E-state index contributed by atoms with van der Waals surface area (Å²) in [5, 5.41) is 9.85. The Hall–Kier alpha value is -2.70. The molecular formula is C19H25N5O2. The maximum absolute atomic E-state index is 12.5. The van der Waals surface area contributed by atoms with E-state index in [4.69, 9.17) is 9.72 Å². The first-order valence-electron chi connectivity index (χ1n) is 8.86. The molecule has 0 aliphatic heterocycles. The van der Waals surface area contributed by atoms with Gasteiger partial charge in [-0.25, -0.2) is 14.5 Å². The predicted molar refractivity (Wildman–Crippen MR) is 100 cm³/mol. The van der Waals surface area contributed by atoms with E-state index in [1.807, 2.05) is 37.2 Å². The van der Waals surface area contributed by atoms with Crippen molar-refractivity contribution in [2.45, 2.75) is 47.1 Å². The summed E-state index contributed by atoms with van der Waals surface area (Å²) >= 11 is 0. The fourth-order valence-corrected chi connectivity index (χ4v) is 3.36. The van der Waals surface area contributed by atoms with Crippen molar-refractivity contribution < 1.29 is 9.53 Å². The van der Waals surface area contributed by atoms with Gasteiger partial charge in [-0.05, 0) is 33.3 Å². The average Bonchev–Trinajstić information content (AvgIpc) is 3.07. The van der Waals surface area contributed by atoms with Gasteiger partial charge >= 0.3 is 5.97 Å². The molecule has 3 aromatic rings. The molecule has 3 aromatic heterocycles. The number of hydrogen-bond acceptors (Lipinski definition) is 5. The highest BCUT2D eigenvalue weighted by molar-refractivity contribution is 6.05. The molecule has 0 radical (unpaired) electrons. The number of pyridine rings is 1. The molecule has 0 spiro atoms. The normalized spacial score (nSPS) is 11.3. The summed E-state index contributed by atoms with van der Waals surface area (Å²) in [7, 11) is 3.30. The Morgan fingerprint density at radius 2 is 1.92 bits per heavy atom. The molecule has 0 bridgehead atoms. The van der Waals surface area contributed by atoms with Gasteiger partial charge in [0.05, 0.1) is 35.1 Å². The largest absolute Gasteiger partial charge is 0.465 e. The SMILES string of the molecule is CCCCn1nc(C)c2c(C(=O)OC)cc(-c3c(C)nn(C)c3C)nc21. The third-order valence-corrected chi connectivity index (χ3v) is 4.77. The number of rotatable bonds is 5. The number of nitrogens with zero attached hydrogens (tertiary/aromatic N) is 5. The molecule has 0 aliphatic rings. The van der Waals surface area contributed by atoms with Gasteiger partial charge in [0.2, 0.25) is 0 Å². The molecule has 26 heavy (non-hydrogen) atoms. The van der Waals surface area contributed by atoms with Gasteiger partial charge in [-0.1, -0.05) is 13.3 Å². The molecule has 138 valence electrons. The summed E-state index contributed by atoms with van der Waals surface area (Å²) in [6.07, 6.45) is 2.06. The van der Waals surface area contributed by atoms with Crippen LogP contribution in [0.1, 0.15) is 47.2 Å². The molecule has 0 saturated heterocycles. The molecule has 3 rings (SSSR count). The molecule has 0 amide bonds. The monoisotopic (exact) mass is 355 g/mol. The van der Waals surface area contributed by atoms with Crippen LogP contribution in [0.3, 0.4) is 0 Å². The number of fused-ring (bicyclic) bond motifs is 1. The minimum absolute atomic E-state index is 0.379. The first-order valence-corrected chi connectivity index (χ1v) is 8.86. The van der Waals surface area contributed by atoms with Crippen molar-refractivity contribution in [1.29, 1.82) is 0 Å². The number of carbonyl (C=O) groups excluding carboxylic acids is 1. The van der Waals surface area contributed by atoms with E-state index < -0.39 is 0 Å². The molecule has 0 atom stereocenters. The van der Waals surface area contributed by atoms with E-state index in [1.54, 1.807) is 6.07 Å². The van der Waals surface area contributed by atoms with E-state index in [1.165, 1.54) is 7.11 Å². The number of esters is 1. The molecule has 0 saturated carbocycles. The van der Waals surface area contributed by atoms with Crippen LogP contribution in [0.15, 0.2) is 6.07 Å². The van der Waals surface area contributed by atoms with Crippen LogP contribution in [0, 0.1) is 20.8 Å². The highest BCUT2D eigenvalue weighted by Gasteiger charge is 2.22. The lowest BCUT2D eigenvalue weighted by atomic mass is 10.0. The van der Waals surface area contributed by atoms with E-state index in [0.29, 0.717) is 5.56 Å². The molecule has 0 fully saturated rings. The highest BCUT2D eigenvalue weighted by Crippen LogP contribution is 2.31. The zero-order valence-electron chi connectivity index (χ0n) is 16.3. The number of aromatic nitrogens is 5. The van der Waals surface area contributed by atoms with Crippen LogP contribution in [-0.4, -0.2) is 37.6 Å². The van der Waals surface area contributed by atoms with E-state index >= 15 is 0 Å². The zero-order valence-corrected chi connectivity index (χ0v) is 16.3. The summed E-state index contributed by atoms with van der Waals surface area (Å²) < 4.78 is 8.74. The Bertz CT molecular complexity index is 984. The first-order chi connectivity index (χ1) is 12.4. The first kappa shape index (κ1) is 18.1. The minimum atomic E-state index is -0.379. The number of carbonyl (C=O) groups is 1. The second-order valence-corrected chi connectivity index (χ2v) is 6.58. The third kappa shape index (κ3) is 2.87. The summed E-state index contributed by atoms with van der Waals surface area (Å²) in [5.74, 6) is -0.379. The highest BCUT2D eigenvalue weighted by atomic mass is 16.5. The lowest BCUT2D eigenvalue weighted by Crippen LogP contribution is -2.06. The van der Waals surface area contributed by atoms with Gasteiger partial charge in [0.15, 0.2) is 5.65 Å². The minimum Gasteiger partial charge on any atom is -0.465 e. The zero-order chi connectivity index (χ0) is 19.0. The maximum Gasteiger partial charge on any atom is 0.338 e. The Kier molecular flexibility index (Phi) is 4.80. The molecule has 7 nitrogen and oxygen atoms in total. The standard InChI is InChI=1S/C19H25N5O2/c1-7-8-9-24-18-17(12(3)22-24)14(19(25)26-6)10-15(20-18)16-11(2)21-23(5)13(16)4/h10H,7-9H2,1-6H3. The van der Waals surface area contributed by atoms with Crippen LogP contribution in [-0.2, 0) is 18.3 Å². The molecular weight excluding hydrogens is 330 g/mol. The summed E-state index contributed by atoms with van der Waals surface area (Å²) in [4.78, 5) is 17.3. The van der Waals surface area contributed by atoms with Gasteiger partial charge in [0, 0.05) is 24.8 Å². The van der Waals surface area contributed by atoms with Crippen LogP contribution in [0.25, 0.3) is 22.3 Å². The van der Waals surface area contributed by atoms with E-state index in [0.717, 1.165) is 58.8 Å². The summed E-state index contributed by atoms with van der Waals surface area (Å²) in [6.45, 7) is 8.76. The quantitative estimate of drug-likeness (QED) is 0.656. The second kappa shape index (κ2) is 6.90. The average molecular weight is 355 g/mol. The lowest BCUT2D eigenvalue weighted by Gasteiger charge is -2.08. The molecule has 3 heterocycles. The lowest BCUT2D eigenvalue weighted by molar-refractivity contribution is 0.0603. The van der Waals surface area contributed by atoms with Crippen molar-refractivity contribution in [1.82, 2.24) is 24.5 Å². The van der Waals surface area contributed by atoms with Crippen LogP contribution in [0.5, 0.6) is 0 Å². The molecule has 7 heteroatoms. The van der Waals surface area contributed by atoms with Crippen LogP contribution in [0.2, 0.25) is 0 Å². The van der Waals surface area contributed by atoms with E-state index in [-0.39, 0.29) is 5.97 Å². The molecule has 0 unspecified atom stereocenters. The summed E-state index contributed by atoms with van der Waals surface area (Å²) in [5.41, 5.74) is 5.55. The van der Waals surface area contributed by atoms with Crippen molar-refractivity contribution in [3.8, 4) is 11.3 Å². The smallest absolute Gasteiger partial charge is 0.338 e. The van der Waals surface area contributed by atoms with Gasteiger partial charge in [-0.15, -0.1) is 0 Å². The Morgan fingerprint density at radius 1 is 1.19 bits per heavy atom. The van der Waals surface area contributed by atoms with Crippen LogP contribution >= 0.6 is 0 Å². The topological polar surface area (TPSA) is 74.8 Å². The predicted octanol–water partition coefficient (Wildman–Crippen LogP) is 3.34. The Balaban J connectivity index is 2.33. The number of aryl methyl sites for hydroxylation is 4. The van der Waals surface area contributed by atoms with Gasteiger partial charge in [0.1, 0.15) is 0 Å². The fraction of sp³-hybridized carbons (Fsp3) is 0.474. The number of unbranched alkanes of at least 4 members (excludes halogenated alkanes) is 1. The van der Waals surface area contributed by atoms with Gasteiger partial charge in [-0.3, -0.25) is 4.68 Å². The van der Waals surface area contributed by atoms with Crippen molar-refractivity contribution in [3.05, 3.63) is 28.7 Å². The fourth-order valence-electron chi connectivity index (χ4n) is 3.36. The van der Waals surface area contributed by atoms with Gasteiger partial charge < -0.3 is 4.74 Å². The molecule has 0 N–H and O–H groups in total. The maximum atomic E-state index is 12.5. The molecule has 0 aliphatic carbocycles. The van der Waals surface area contributed by atoms with Gasteiger partial charge in [0.25, 0.3) is 0 Å². The van der Waals surface area contributed by atoms with Gasteiger partial charge in [-0.2, -0.15) is 10.2 Å². The van der Waals surface area contributed by atoms with Crippen molar-refractivity contribution >= 4 is 17.0 Å². The van der Waals surface area contributed by atoms with Crippen molar-refractivity contribution in [3.63, 3.8) is 0 Å².